The number of rotatable bonds is 9. The third-order valence-corrected chi connectivity index (χ3v) is 8.07. The summed E-state index contributed by atoms with van der Waals surface area (Å²) in [6, 6.07) is 10.3. The second-order valence-corrected chi connectivity index (χ2v) is 10.8. The van der Waals surface area contributed by atoms with E-state index in [1.54, 1.807) is 29.9 Å². The molecule has 2 aliphatic rings. The molecule has 0 spiro atoms. The Balaban J connectivity index is 1.32. The number of likely N-dealkylation sites (tertiary alicyclic amines) is 1. The van der Waals surface area contributed by atoms with Gasteiger partial charge in [0.2, 0.25) is 0 Å². The lowest BCUT2D eigenvalue weighted by Crippen LogP contribution is -2.55. The maximum absolute atomic E-state index is 16.4. The van der Waals surface area contributed by atoms with E-state index in [2.05, 4.69) is 5.32 Å². The van der Waals surface area contributed by atoms with E-state index in [1.165, 1.54) is 0 Å². The zero-order chi connectivity index (χ0) is 29.3. The van der Waals surface area contributed by atoms with Gasteiger partial charge < -0.3 is 19.7 Å². The van der Waals surface area contributed by atoms with Crippen molar-refractivity contribution >= 4 is 34.3 Å². The fourth-order valence-corrected chi connectivity index (χ4v) is 5.75. The Morgan fingerprint density at radius 3 is 2.41 bits per heavy atom. The van der Waals surface area contributed by atoms with Gasteiger partial charge in [-0.05, 0) is 62.3 Å². The maximum atomic E-state index is 16.4. The van der Waals surface area contributed by atoms with Crippen LogP contribution >= 0.6 is 0 Å². The van der Waals surface area contributed by atoms with Gasteiger partial charge in [0.1, 0.15) is 5.82 Å². The Bertz CT molecular complexity index is 1460. The summed E-state index contributed by atoms with van der Waals surface area (Å²) >= 11 is 0. The smallest absolute Gasteiger partial charge is 0.333 e. The zero-order valence-corrected chi connectivity index (χ0v) is 22.6. The lowest BCUT2D eigenvalue weighted by atomic mass is 9.87. The van der Waals surface area contributed by atoms with Gasteiger partial charge in [-0.2, -0.15) is 4.39 Å². The number of amides is 1. The molecule has 218 valence electrons. The van der Waals surface area contributed by atoms with E-state index in [0.717, 1.165) is 28.6 Å². The van der Waals surface area contributed by atoms with Crippen LogP contribution in [0.1, 0.15) is 60.6 Å². The van der Waals surface area contributed by atoms with Crippen molar-refractivity contribution in [1.82, 2.24) is 9.47 Å². The molecule has 2 atom stereocenters. The molecular weight excluding hydrogens is 539 g/mol. The number of anilines is 1. The predicted molar refractivity (Wildman–Crippen MR) is 145 cm³/mol. The molecule has 1 amide bonds. The minimum atomic E-state index is -3.08. The molecule has 1 saturated heterocycles. The number of Topliss-reactive ketones (excluding diaryl/α,β-unsaturated/α-hetero) is 1. The number of ketones is 1. The standard InChI is InChI=1S/C30H32F3N3O5/c1-35-17-22(21-6-2-3-7-25(21)35)28(38)34-24-13-10-19(16-23(24)31)26(32)27(37)30(33,36-14-4-5-15-36)41-20-11-8-18(9-12-20)29(39)40/h2-3,6-7,10,13,16-18,20,26H,4-5,8-9,11-12,14-15H2,1H3,(H,34,38)(H,39,40). The number of aryl methyl sites for hydroxylation is 1. The summed E-state index contributed by atoms with van der Waals surface area (Å²) in [5.41, 5.74) is 0.517. The Labute approximate surface area is 235 Å². The molecule has 0 bridgehead atoms. The molecule has 3 aromatic rings. The number of alkyl halides is 2. The fraction of sp³-hybridized carbons (Fsp3) is 0.433. The molecule has 2 unspecified atom stereocenters. The van der Waals surface area contributed by atoms with Crippen molar-refractivity contribution in [3.8, 4) is 0 Å². The van der Waals surface area contributed by atoms with E-state index in [9.17, 15) is 19.5 Å². The highest BCUT2D eigenvalue weighted by Gasteiger charge is 2.52. The van der Waals surface area contributed by atoms with Crippen LogP contribution < -0.4 is 5.32 Å². The van der Waals surface area contributed by atoms with Gasteiger partial charge in [-0.15, -0.1) is 0 Å². The summed E-state index contributed by atoms with van der Waals surface area (Å²) in [6.45, 7) is 0.375. The van der Waals surface area contributed by atoms with Gasteiger partial charge >= 0.3 is 11.9 Å². The summed E-state index contributed by atoms with van der Waals surface area (Å²) in [7, 11) is 1.78. The Hall–Kier alpha value is -3.70. The monoisotopic (exact) mass is 571 g/mol. The summed E-state index contributed by atoms with van der Waals surface area (Å²) in [6.07, 6.45) is 0.511. The van der Waals surface area contributed by atoms with Crippen LogP contribution in [-0.2, 0) is 21.4 Å². The summed E-state index contributed by atoms with van der Waals surface area (Å²) in [5.74, 6) is -7.62. The van der Waals surface area contributed by atoms with Crippen LogP contribution in [0.25, 0.3) is 10.9 Å². The van der Waals surface area contributed by atoms with Gasteiger partial charge in [0.25, 0.3) is 11.7 Å². The minimum Gasteiger partial charge on any atom is -0.481 e. The number of nitrogens with one attached hydrogen (secondary N) is 1. The lowest BCUT2D eigenvalue weighted by Gasteiger charge is -2.38. The summed E-state index contributed by atoms with van der Waals surface area (Å²) < 4.78 is 54.4. The number of carbonyl (C=O) groups is 3. The van der Waals surface area contributed by atoms with Gasteiger partial charge in [0, 0.05) is 37.2 Å². The number of aromatic nitrogens is 1. The number of carboxylic acids is 1. The first-order valence-corrected chi connectivity index (χ1v) is 13.8. The molecule has 0 radical (unpaired) electrons. The average molecular weight is 572 g/mol. The number of aliphatic carboxylic acids is 1. The number of nitrogens with zero attached hydrogens (tertiary/aromatic N) is 2. The predicted octanol–water partition coefficient (Wildman–Crippen LogP) is 5.53. The number of fused-ring (bicyclic) bond motifs is 1. The van der Waals surface area contributed by atoms with Crippen molar-refractivity contribution in [2.45, 2.75) is 56.8 Å². The molecule has 2 N–H and O–H groups in total. The molecule has 1 aliphatic carbocycles. The van der Waals surface area contributed by atoms with E-state index < -0.39 is 53.2 Å². The van der Waals surface area contributed by atoms with Crippen LogP contribution in [0.4, 0.5) is 18.9 Å². The number of para-hydroxylation sites is 1. The normalized spacial score (nSPS) is 21.9. The molecule has 11 heteroatoms. The Morgan fingerprint density at radius 2 is 1.76 bits per heavy atom. The quantitative estimate of drug-likeness (QED) is 0.328. The van der Waals surface area contributed by atoms with Crippen LogP contribution in [0.15, 0.2) is 48.7 Å². The molecule has 2 heterocycles. The van der Waals surface area contributed by atoms with E-state index in [-0.39, 0.29) is 44.5 Å². The molecule has 41 heavy (non-hydrogen) atoms. The lowest BCUT2D eigenvalue weighted by molar-refractivity contribution is -0.255. The summed E-state index contributed by atoms with van der Waals surface area (Å²) in [4.78, 5) is 38.6. The van der Waals surface area contributed by atoms with Gasteiger partial charge in [0.05, 0.1) is 23.3 Å². The van der Waals surface area contributed by atoms with Crippen LogP contribution in [-0.4, -0.2) is 57.4 Å². The van der Waals surface area contributed by atoms with Crippen molar-refractivity contribution in [2.24, 2.45) is 13.0 Å². The summed E-state index contributed by atoms with van der Waals surface area (Å²) in [5, 5.41) is 12.4. The number of benzene rings is 2. The topological polar surface area (TPSA) is 101 Å². The first-order chi connectivity index (χ1) is 19.6. The van der Waals surface area contributed by atoms with E-state index >= 15 is 13.2 Å². The first-order valence-electron chi connectivity index (χ1n) is 13.8. The second kappa shape index (κ2) is 11.7. The van der Waals surface area contributed by atoms with Crippen molar-refractivity contribution in [1.29, 1.82) is 0 Å². The van der Waals surface area contributed by atoms with Crippen LogP contribution in [0.2, 0.25) is 0 Å². The average Bonchev–Trinajstić information content (AvgIpc) is 3.63. The SMILES string of the molecule is Cn1cc(C(=O)Nc2ccc(C(F)C(=O)C(F)(OC3CCC(C(=O)O)CC3)N3CCCC3)cc2F)c2ccccc21. The van der Waals surface area contributed by atoms with Crippen LogP contribution in [0, 0.1) is 11.7 Å². The highest BCUT2D eigenvalue weighted by atomic mass is 19.2. The highest BCUT2D eigenvalue weighted by Crippen LogP contribution is 2.38. The molecular formula is C30H32F3N3O5. The molecule has 1 saturated carbocycles. The van der Waals surface area contributed by atoms with Crippen molar-refractivity contribution in [3.05, 3.63) is 65.6 Å². The highest BCUT2D eigenvalue weighted by molar-refractivity contribution is 6.13. The third kappa shape index (κ3) is 5.73. The number of hydrogen-bond acceptors (Lipinski definition) is 5. The van der Waals surface area contributed by atoms with Gasteiger partial charge in [-0.1, -0.05) is 24.3 Å². The van der Waals surface area contributed by atoms with E-state index in [4.69, 9.17) is 4.74 Å². The Kier molecular flexibility index (Phi) is 8.19. The van der Waals surface area contributed by atoms with Crippen molar-refractivity contribution in [3.63, 3.8) is 0 Å². The number of ether oxygens (including phenoxy) is 1. The molecule has 2 aromatic carbocycles. The molecule has 1 aromatic heterocycles. The van der Waals surface area contributed by atoms with Crippen LogP contribution in [0.3, 0.4) is 0 Å². The molecule has 8 nitrogen and oxygen atoms in total. The van der Waals surface area contributed by atoms with Crippen molar-refractivity contribution in [2.75, 3.05) is 18.4 Å². The zero-order valence-electron chi connectivity index (χ0n) is 22.6. The van der Waals surface area contributed by atoms with Gasteiger partial charge in [0.15, 0.2) is 6.17 Å². The molecule has 1 aliphatic heterocycles. The molecule has 5 rings (SSSR count). The number of hydrogen-bond donors (Lipinski definition) is 2. The van der Waals surface area contributed by atoms with E-state index in [0.29, 0.717) is 23.8 Å². The third-order valence-electron chi connectivity index (χ3n) is 8.07. The number of carbonyl (C=O) groups excluding carboxylic acids is 2. The number of halogens is 3. The van der Waals surface area contributed by atoms with Gasteiger partial charge in [-0.3, -0.25) is 14.4 Å². The second-order valence-electron chi connectivity index (χ2n) is 10.8. The van der Waals surface area contributed by atoms with E-state index in [1.807, 2.05) is 12.1 Å². The number of carboxylic acid groups (broad SMARTS) is 1. The van der Waals surface area contributed by atoms with Crippen LogP contribution in [0.5, 0.6) is 0 Å². The Morgan fingerprint density at radius 1 is 1.07 bits per heavy atom. The van der Waals surface area contributed by atoms with Crippen molar-refractivity contribution < 1.29 is 37.4 Å². The van der Waals surface area contributed by atoms with Gasteiger partial charge in [-0.25, -0.2) is 13.7 Å². The first kappa shape index (κ1) is 28.8. The maximum Gasteiger partial charge on any atom is 0.333 e. The fourth-order valence-electron chi connectivity index (χ4n) is 5.75. The largest absolute Gasteiger partial charge is 0.481 e. The minimum absolute atomic E-state index is 0.187. The molecule has 2 fully saturated rings.